The van der Waals surface area contributed by atoms with Crippen LogP contribution in [0.4, 0.5) is 0 Å². The first-order chi connectivity index (χ1) is 6.22. The van der Waals surface area contributed by atoms with Crippen LogP contribution >= 0.6 is 0 Å². The molecule has 2 heteroatoms. The van der Waals surface area contributed by atoms with E-state index in [-0.39, 0.29) is 0 Å². The maximum Gasteiger partial charge on any atom is 0.0937 e. The van der Waals surface area contributed by atoms with Crippen LogP contribution in [-0.2, 0) is 0 Å². The van der Waals surface area contributed by atoms with Crippen molar-refractivity contribution in [3.8, 4) is 0 Å². The number of nitrogens with zero attached hydrogens (tertiary/aromatic N) is 1. The van der Waals surface area contributed by atoms with E-state index < -0.39 is 0 Å². The average molecular weight is 182 g/mol. The fourth-order valence-electron chi connectivity index (χ4n) is 1.92. The summed E-state index contributed by atoms with van der Waals surface area (Å²) in [6.07, 6.45) is 7.40. The predicted octanol–water partition coefficient (Wildman–Crippen LogP) is 2.72. The molecule has 76 valence electrons. The minimum Gasteiger partial charge on any atom is -0.387 e. The van der Waals surface area contributed by atoms with Gasteiger partial charge >= 0.3 is 0 Å². The molecular weight excluding hydrogens is 160 g/mol. The van der Waals surface area contributed by atoms with Crippen molar-refractivity contribution in [1.29, 1.82) is 0 Å². The monoisotopic (exact) mass is 182 g/mol. The molecule has 2 N–H and O–H groups in total. The van der Waals surface area contributed by atoms with Crippen molar-refractivity contribution in [1.82, 2.24) is 0 Å². The Bertz CT molecular complexity index is 175. The van der Waals surface area contributed by atoms with Gasteiger partial charge in [0.2, 0.25) is 0 Å². The number of hydrogen-bond acceptors (Lipinski definition) is 1. The smallest absolute Gasteiger partial charge is 0.0937 e. The summed E-state index contributed by atoms with van der Waals surface area (Å²) in [6.45, 7) is 4.41. The summed E-state index contributed by atoms with van der Waals surface area (Å²) in [5.41, 5.74) is 5.74. The SMILES string of the molecule is CCC(N)=NC1CCCC(C)CC1. The third-order valence-corrected chi connectivity index (χ3v) is 2.94. The molecule has 0 aromatic carbocycles. The van der Waals surface area contributed by atoms with Gasteiger partial charge in [-0.1, -0.05) is 26.7 Å². The molecule has 2 unspecified atom stereocenters. The topological polar surface area (TPSA) is 38.4 Å². The van der Waals surface area contributed by atoms with E-state index in [9.17, 15) is 0 Å². The third kappa shape index (κ3) is 3.79. The lowest BCUT2D eigenvalue weighted by molar-refractivity contribution is 0.499. The van der Waals surface area contributed by atoms with E-state index in [2.05, 4.69) is 18.8 Å². The molecule has 1 rings (SSSR count). The number of hydrogen-bond donors (Lipinski definition) is 1. The van der Waals surface area contributed by atoms with Gasteiger partial charge in [-0.15, -0.1) is 0 Å². The van der Waals surface area contributed by atoms with Crippen molar-refractivity contribution in [3.63, 3.8) is 0 Å². The quantitative estimate of drug-likeness (QED) is 0.398. The number of nitrogens with two attached hydrogens (primary N) is 1. The zero-order chi connectivity index (χ0) is 9.68. The normalized spacial score (nSPS) is 31.4. The van der Waals surface area contributed by atoms with Crippen LogP contribution in [0.3, 0.4) is 0 Å². The molecule has 0 spiro atoms. The maximum atomic E-state index is 5.74. The van der Waals surface area contributed by atoms with E-state index in [0.29, 0.717) is 6.04 Å². The van der Waals surface area contributed by atoms with Crippen LogP contribution in [0.2, 0.25) is 0 Å². The number of rotatable bonds is 2. The van der Waals surface area contributed by atoms with Crippen LogP contribution < -0.4 is 5.73 Å². The lowest BCUT2D eigenvalue weighted by Crippen LogP contribution is -2.15. The van der Waals surface area contributed by atoms with Gasteiger partial charge in [0.15, 0.2) is 0 Å². The Hall–Kier alpha value is -0.530. The molecule has 2 atom stereocenters. The molecule has 0 saturated heterocycles. The Morgan fingerprint density at radius 3 is 2.77 bits per heavy atom. The van der Waals surface area contributed by atoms with Gasteiger partial charge in [0.1, 0.15) is 0 Å². The van der Waals surface area contributed by atoms with Crippen molar-refractivity contribution < 1.29 is 0 Å². The third-order valence-electron chi connectivity index (χ3n) is 2.94. The zero-order valence-electron chi connectivity index (χ0n) is 8.92. The second-order valence-corrected chi connectivity index (χ2v) is 4.24. The van der Waals surface area contributed by atoms with Gasteiger partial charge in [-0.2, -0.15) is 0 Å². The van der Waals surface area contributed by atoms with Crippen LogP contribution in [0.1, 0.15) is 52.4 Å². The van der Waals surface area contributed by atoms with E-state index in [1.807, 2.05) is 0 Å². The Balaban J connectivity index is 2.42. The molecule has 0 aromatic heterocycles. The molecule has 1 saturated carbocycles. The second kappa shape index (κ2) is 5.25. The molecule has 2 nitrogen and oxygen atoms in total. The average Bonchev–Trinajstić information content (AvgIpc) is 2.31. The Morgan fingerprint density at radius 2 is 2.08 bits per heavy atom. The summed E-state index contributed by atoms with van der Waals surface area (Å²) in [4.78, 5) is 4.54. The van der Waals surface area contributed by atoms with Gasteiger partial charge in [-0.3, -0.25) is 4.99 Å². The molecule has 1 fully saturated rings. The molecule has 13 heavy (non-hydrogen) atoms. The van der Waals surface area contributed by atoms with E-state index in [1.54, 1.807) is 0 Å². The molecule has 0 aromatic rings. The highest BCUT2D eigenvalue weighted by Crippen LogP contribution is 2.24. The first kappa shape index (κ1) is 10.6. The van der Waals surface area contributed by atoms with E-state index >= 15 is 0 Å². The lowest BCUT2D eigenvalue weighted by Gasteiger charge is -2.09. The minimum atomic E-state index is 0.518. The zero-order valence-corrected chi connectivity index (χ0v) is 8.92. The van der Waals surface area contributed by atoms with Gasteiger partial charge in [-0.25, -0.2) is 0 Å². The summed E-state index contributed by atoms with van der Waals surface area (Å²) < 4.78 is 0. The maximum absolute atomic E-state index is 5.74. The van der Waals surface area contributed by atoms with Crippen LogP contribution in [0, 0.1) is 5.92 Å². The summed E-state index contributed by atoms with van der Waals surface area (Å²) in [7, 11) is 0. The second-order valence-electron chi connectivity index (χ2n) is 4.24. The lowest BCUT2D eigenvalue weighted by atomic mass is 10.0. The number of aliphatic imine (C=N–C) groups is 1. The van der Waals surface area contributed by atoms with Crippen molar-refractivity contribution in [3.05, 3.63) is 0 Å². The predicted molar refractivity (Wildman–Crippen MR) is 58.0 cm³/mol. The van der Waals surface area contributed by atoms with Crippen LogP contribution in [0.25, 0.3) is 0 Å². The van der Waals surface area contributed by atoms with Crippen LogP contribution in [0.15, 0.2) is 4.99 Å². The van der Waals surface area contributed by atoms with E-state index in [1.165, 1.54) is 32.1 Å². The first-order valence-corrected chi connectivity index (χ1v) is 5.54. The molecule has 0 aliphatic heterocycles. The molecule has 0 radical (unpaired) electrons. The highest BCUT2D eigenvalue weighted by atomic mass is 14.9. The molecule has 0 heterocycles. The van der Waals surface area contributed by atoms with E-state index in [4.69, 9.17) is 5.73 Å². The summed E-state index contributed by atoms with van der Waals surface area (Å²) in [6, 6.07) is 0.518. The molecule has 0 bridgehead atoms. The van der Waals surface area contributed by atoms with Crippen molar-refractivity contribution in [2.75, 3.05) is 0 Å². The summed E-state index contributed by atoms with van der Waals surface area (Å²) >= 11 is 0. The van der Waals surface area contributed by atoms with Crippen LogP contribution in [0.5, 0.6) is 0 Å². The fourth-order valence-corrected chi connectivity index (χ4v) is 1.92. The van der Waals surface area contributed by atoms with Gasteiger partial charge in [0.25, 0.3) is 0 Å². The van der Waals surface area contributed by atoms with Crippen LogP contribution in [-0.4, -0.2) is 11.9 Å². The van der Waals surface area contributed by atoms with Gasteiger partial charge in [0, 0.05) is 6.42 Å². The molecule has 0 amide bonds. The van der Waals surface area contributed by atoms with E-state index in [0.717, 1.165) is 18.2 Å². The Labute approximate surface area is 81.6 Å². The minimum absolute atomic E-state index is 0.518. The van der Waals surface area contributed by atoms with Gasteiger partial charge in [-0.05, 0) is 25.2 Å². The molecular formula is C11H22N2. The van der Waals surface area contributed by atoms with Gasteiger partial charge in [0.05, 0.1) is 11.9 Å². The fraction of sp³-hybridized carbons (Fsp3) is 0.909. The highest BCUT2D eigenvalue weighted by molar-refractivity contribution is 5.80. The Kier molecular flexibility index (Phi) is 4.26. The summed E-state index contributed by atoms with van der Waals surface area (Å²) in [5, 5.41) is 0. The van der Waals surface area contributed by atoms with Gasteiger partial charge < -0.3 is 5.73 Å². The van der Waals surface area contributed by atoms with Crippen molar-refractivity contribution in [2.45, 2.75) is 58.4 Å². The number of amidine groups is 1. The van der Waals surface area contributed by atoms with Crippen molar-refractivity contribution in [2.24, 2.45) is 16.6 Å². The standard InChI is InChI=1S/C11H22N2/c1-3-11(12)13-10-6-4-5-9(2)7-8-10/h9-10H,3-8H2,1-2H3,(H2,12,13). The highest BCUT2D eigenvalue weighted by Gasteiger charge is 2.15. The Morgan fingerprint density at radius 1 is 1.31 bits per heavy atom. The molecule has 1 aliphatic rings. The molecule has 1 aliphatic carbocycles. The largest absolute Gasteiger partial charge is 0.387 e. The summed E-state index contributed by atoms with van der Waals surface area (Å²) in [5.74, 6) is 1.72. The van der Waals surface area contributed by atoms with Crippen molar-refractivity contribution >= 4 is 5.84 Å². The first-order valence-electron chi connectivity index (χ1n) is 5.54.